The third-order valence-corrected chi connectivity index (χ3v) is 4.01. The number of halogens is 3. The Balaban J connectivity index is 2.24. The monoisotopic (exact) mass is 318 g/mol. The summed E-state index contributed by atoms with van der Waals surface area (Å²) in [5.41, 5.74) is 0.842. The second-order valence-electron chi connectivity index (χ2n) is 4.45. The molecule has 1 fully saturated rings. The van der Waals surface area contributed by atoms with Crippen molar-refractivity contribution in [3.05, 3.63) is 34.1 Å². The standard InChI is InChI=1S/C13H17BrF2N2/c14-12-2-1-10(16)9-11(12)13(3-4-15)18-7-5-17-6-8-18/h1-2,9,13,17H,3-8H2/t13-/m0/s1. The zero-order valence-electron chi connectivity index (χ0n) is 10.1. The van der Waals surface area contributed by atoms with E-state index in [0.717, 1.165) is 36.2 Å². The van der Waals surface area contributed by atoms with Crippen LogP contribution in [0.4, 0.5) is 8.78 Å². The average Bonchev–Trinajstić information content (AvgIpc) is 2.40. The predicted octanol–water partition coefficient (Wildman–Crippen LogP) is 2.89. The molecule has 0 aromatic heterocycles. The Kier molecular flexibility index (Phi) is 5.09. The molecule has 0 amide bonds. The van der Waals surface area contributed by atoms with Crippen molar-refractivity contribution < 1.29 is 8.78 Å². The fraction of sp³-hybridized carbons (Fsp3) is 0.538. The van der Waals surface area contributed by atoms with Gasteiger partial charge in [-0.15, -0.1) is 0 Å². The van der Waals surface area contributed by atoms with Gasteiger partial charge in [0, 0.05) is 36.7 Å². The zero-order valence-corrected chi connectivity index (χ0v) is 11.7. The number of rotatable bonds is 4. The van der Waals surface area contributed by atoms with Gasteiger partial charge in [0.1, 0.15) is 5.82 Å². The van der Waals surface area contributed by atoms with Crippen molar-refractivity contribution in [2.45, 2.75) is 12.5 Å². The van der Waals surface area contributed by atoms with E-state index >= 15 is 0 Å². The van der Waals surface area contributed by atoms with Crippen LogP contribution in [0.25, 0.3) is 0 Å². The van der Waals surface area contributed by atoms with Crippen molar-refractivity contribution in [3.63, 3.8) is 0 Å². The highest BCUT2D eigenvalue weighted by molar-refractivity contribution is 9.10. The molecule has 1 atom stereocenters. The van der Waals surface area contributed by atoms with Crippen LogP contribution in [0.15, 0.2) is 22.7 Å². The molecule has 1 saturated heterocycles. The van der Waals surface area contributed by atoms with Crippen LogP contribution in [-0.2, 0) is 0 Å². The molecular weight excluding hydrogens is 302 g/mol. The summed E-state index contributed by atoms with van der Waals surface area (Å²) in [6.45, 7) is 3.14. The minimum atomic E-state index is -0.391. The summed E-state index contributed by atoms with van der Waals surface area (Å²) in [5.74, 6) is -0.271. The van der Waals surface area contributed by atoms with Gasteiger partial charge in [0.25, 0.3) is 0 Å². The Morgan fingerprint density at radius 2 is 2.06 bits per heavy atom. The summed E-state index contributed by atoms with van der Waals surface area (Å²) >= 11 is 3.44. The van der Waals surface area contributed by atoms with E-state index in [1.807, 2.05) is 0 Å². The molecule has 0 saturated carbocycles. The van der Waals surface area contributed by atoms with Gasteiger partial charge in [0.15, 0.2) is 0 Å². The normalized spacial score (nSPS) is 18.8. The minimum absolute atomic E-state index is 0.0535. The first kappa shape index (κ1) is 13.9. The first-order valence-electron chi connectivity index (χ1n) is 6.18. The Morgan fingerprint density at radius 3 is 2.72 bits per heavy atom. The lowest BCUT2D eigenvalue weighted by Crippen LogP contribution is -2.45. The molecule has 18 heavy (non-hydrogen) atoms. The molecule has 1 aliphatic rings. The molecule has 2 rings (SSSR count). The van der Waals surface area contributed by atoms with Gasteiger partial charge < -0.3 is 5.32 Å². The molecule has 2 nitrogen and oxygen atoms in total. The quantitative estimate of drug-likeness (QED) is 0.918. The molecule has 1 aromatic carbocycles. The van der Waals surface area contributed by atoms with Gasteiger partial charge in [-0.2, -0.15) is 0 Å². The summed E-state index contributed by atoms with van der Waals surface area (Å²) < 4.78 is 27.0. The lowest BCUT2D eigenvalue weighted by Gasteiger charge is -2.35. The lowest BCUT2D eigenvalue weighted by atomic mass is 10.0. The van der Waals surface area contributed by atoms with E-state index < -0.39 is 6.67 Å². The molecule has 0 spiro atoms. The molecule has 5 heteroatoms. The molecule has 1 aliphatic heterocycles. The van der Waals surface area contributed by atoms with Crippen molar-refractivity contribution in [1.82, 2.24) is 10.2 Å². The van der Waals surface area contributed by atoms with Gasteiger partial charge in [-0.1, -0.05) is 15.9 Å². The fourth-order valence-corrected chi connectivity index (χ4v) is 2.91. The minimum Gasteiger partial charge on any atom is -0.314 e. The molecule has 1 heterocycles. The summed E-state index contributed by atoms with van der Waals surface area (Å²) in [6.07, 6.45) is 0.405. The summed E-state index contributed by atoms with van der Waals surface area (Å²) in [4.78, 5) is 2.22. The number of benzene rings is 1. The highest BCUT2D eigenvalue weighted by Crippen LogP contribution is 2.31. The van der Waals surface area contributed by atoms with E-state index in [-0.39, 0.29) is 11.9 Å². The van der Waals surface area contributed by atoms with Crippen LogP contribution >= 0.6 is 15.9 Å². The van der Waals surface area contributed by atoms with E-state index in [4.69, 9.17) is 0 Å². The Labute approximate surface area is 114 Å². The number of hydrogen-bond acceptors (Lipinski definition) is 2. The largest absolute Gasteiger partial charge is 0.314 e. The number of hydrogen-bond donors (Lipinski definition) is 1. The lowest BCUT2D eigenvalue weighted by molar-refractivity contribution is 0.156. The van der Waals surface area contributed by atoms with E-state index in [2.05, 4.69) is 26.1 Å². The van der Waals surface area contributed by atoms with Crippen LogP contribution < -0.4 is 5.32 Å². The molecule has 1 aromatic rings. The number of nitrogens with one attached hydrogen (secondary N) is 1. The molecule has 0 bridgehead atoms. The van der Waals surface area contributed by atoms with Crippen LogP contribution in [-0.4, -0.2) is 37.8 Å². The third kappa shape index (κ3) is 3.28. The van der Waals surface area contributed by atoms with Crippen molar-refractivity contribution in [2.75, 3.05) is 32.9 Å². The predicted molar refractivity (Wildman–Crippen MR) is 71.9 cm³/mol. The second kappa shape index (κ2) is 6.59. The maximum atomic E-state index is 13.4. The Hall–Kier alpha value is -0.520. The van der Waals surface area contributed by atoms with Crippen LogP contribution in [0.5, 0.6) is 0 Å². The highest BCUT2D eigenvalue weighted by Gasteiger charge is 2.23. The zero-order chi connectivity index (χ0) is 13.0. The maximum Gasteiger partial charge on any atom is 0.123 e. The van der Waals surface area contributed by atoms with E-state index in [1.165, 1.54) is 12.1 Å². The molecule has 0 unspecified atom stereocenters. The number of alkyl halides is 1. The SMILES string of the molecule is FCC[C@@H](c1cc(F)ccc1Br)N1CCNCC1. The van der Waals surface area contributed by atoms with E-state index in [0.29, 0.717) is 6.42 Å². The fourth-order valence-electron chi connectivity index (χ4n) is 2.40. The van der Waals surface area contributed by atoms with Gasteiger partial charge in [-0.3, -0.25) is 9.29 Å². The van der Waals surface area contributed by atoms with Crippen LogP contribution in [0.3, 0.4) is 0 Å². The van der Waals surface area contributed by atoms with E-state index in [1.54, 1.807) is 6.07 Å². The molecule has 0 aliphatic carbocycles. The van der Waals surface area contributed by atoms with Gasteiger partial charge in [-0.05, 0) is 30.2 Å². The first-order chi connectivity index (χ1) is 8.72. The molecule has 0 radical (unpaired) electrons. The summed E-state index contributed by atoms with van der Waals surface area (Å²) in [6, 6.07) is 4.56. The summed E-state index contributed by atoms with van der Waals surface area (Å²) in [5, 5.41) is 3.27. The van der Waals surface area contributed by atoms with Crippen molar-refractivity contribution >= 4 is 15.9 Å². The second-order valence-corrected chi connectivity index (χ2v) is 5.30. The van der Waals surface area contributed by atoms with Gasteiger partial charge in [-0.25, -0.2) is 4.39 Å². The smallest absolute Gasteiger partial charge is 0.123 e. The van der Waals surface area contributed by atoms with Crippen molar-refractivity contribution in [1.29, 1.82) is 0 Å². The van der Waals surface area contributed by atoms with Crippen LogP contribution in [0.1, 0.15) is 18.0 Å². The topological polar surface area (TPSA) is 15.3 Å². The maximum absolute atomic E-state index is 13.4. The van der Waals surface area contributed by atoms with Crippen LogP contribution in [0.2, 0.25) is 0 Å². The first-order valence-corrected chi connectivity index (χ1v) is 6.97. The Bertz CT molecular complexity index is 395. The van der Waals surface area contributed by atoms with E-state index in [9.17, 15) is 8.78 Å². The third-order valence-electron chi connectivity index (χ3n) is 3.29. The summed E-state index contributed by atoms with van der Waals surface area (Å²) in [7, 11) is 0. The number of piperazine rings is 1. The number of nitrogens with zero attached hydrogens (tertiary/aromatic N) is 1. The average molecular weight is 319 g/mol. The van der Waals surface area contributed by atoms with Gasteiger partial charge in [0.05, 0.1) is 6.67 Å². The van der Waals surface area contributed by atoms with Crippen LogP contribution in [0, 0.1) is 5.82 Å². The molecule has 100 valence electrons. The molecule has 1 N–H and O–H groups in total. The Morgan fingerprint density at radius 1 is 1.33 bits per heavy atom. The van der Waals surface area contributed by atoms with Gasteiger partial charge >= 0.3 is 0 Å². The van der Waals surface area contributed by atoms with Gasteiger partial charge in [0.2, 0.25) is 0 Å². The van der Waals surface area contributed by atoms with Crippen molar-refractivity contribution in [3.8, 4) is 0 Å². The van der Waals surface area contributed by atoms with Crippen molar-refractivity contribution in [2.24, 2.45) is 0 Å². The highest BCUT2D eigenvalue weighted by atomic mass is 79.9. The molecular formula is C13H17BrF2N2.